The first-order chi connectivity index (χ1) is 15.2. The van der Waals surface area contributed by atoms with Gasteiger partial charge < -0.3 is 4.90 Å². The van der Waals surface area contributed by atoms with E-state index in [0.29, 0.717) is 12.1 Å². The van der Waals surface area contributed by atoms with Crippen LogP contribution in [0, 0.1) is 17.5 Å². The number of nitrogens with zero attached hydrogens (tertiary/aromatic N) is 4. The lowest BCUT2D eigenvalue weighted by atomic mass is 10.1. The third-order valence-electron chi connectivity index (χ3n) is 5.70. The van der Waals surface area contributed by atoms with Gasteiger partial charge in [0.2, 0.25) is 14.8 Å². The number of hydrogen-bond acceptors (Lipinski definition) is 5. The van der Waals surface area contributed by atoms with E-state index in [0.717, 1.165) is 22.9 Å². The molecule has 4 rings (SSSR count). The molecule has 11 heteroatoms. The summed E-state index contributed by atoms with van der Waals surface area (Å²) in [7, 11) is -4.45. The van der Waals surface area contributed by atoms with Crippen molar-refractivity contribution < 1.29 is 26.0 Å². The van der Waals surface area contributed by atoms with Gasteiger partial charge in [0.1, 0.15) is 23.1 Å². The fourth-order valence-corrected chi connectivity index (χ4v) is 5.42. The second-order valence-corrected chi connectivity index (χ2v) is 9.88. The van der Waals surface area contributed by atoms with Crippen LogP contribution in [-0.2, 0) is 16.3 Å². The normalized spacial score (nSPS) is 16.9. The minimum Gasteiger partial charge on any atom is -0.303 e. The number of likely N-dealkylation sites (tertiary alicyclic amines) is 1. The van der Waals surface area contributed by atoms with Gasteiger partial charge in [-0.2, -0.15) is 0 Å². The zero-order valence-corrected chi connectivity index (χ0v) is 17.7. The topological polar surface area (TPSA) is 68.1 Å². The maximum Gasteiger partial charge on any atom is 0.217 e. The van der Waals surface area contributed by atoms with Gasteiger partial charge in [-0.3, -0.25) is 0 Å². The third kappa shape index (κ3) is 4.26. The molecular formula is C21H20F4N4O2S. The molecule has 2 heterocycles. The van der Waals surface area contributed by atoms with Crippen molar-refractivity contribution in [1.29, 1.82) is 0 Å². The Hall–Kier alpha value is -2.79. The zero-order chi connectivity index (χ0) is 22.9. The van der Waals surface area contributed by atoms with E-state index in [-0.39, 0.29) is 38.0 Å². The highest BCUT2D eigenvalue weighted by molar-refractivity contribution is 7.92. The molecule has 170 valence electrons. The second kappa shape index (κ2) is 8.62. The summed E-state index contributed by atoms with van der Waals surface area (Å²) in [5, 5.41) is 4.69. The Morgan fingerprint density at radius 3 is 2.38 bits per heavy atom. The molecule has 0 N–H and O–H groups in total. The van der Waals surface area contributed by atoms with Crippen molar-refractivity contribution in [2.45, 2.75) is 29.2 Å². The van der Waals surface area contributed by atoms with E-state index in [1.807, 2.05) is 4.90 Å². The van der Waals surface area contributed by atoms with Gasteiger partial charge in [0.25, 0.3) is 0 Å². The Morgan fingerprint density at radius 2 is 1.75 bits per heavy atom. The lowest BCUT2D eigenvalue weighted by molar-refractivity contribution is 0.120. The fraction of sp³-hybridized carbons (Fsp3) is 0.333. The highest BCUT2D eigenvalue weighted by Crippen LogP contribution is 2.37. The lowest BCUT2D eigenvalue weighted by Gasteiger charge is -2.36. The lowest BCUT2D eigenvalue weighted by Crippen LogP contribution is -2.46. The SMILES string of the molecule is O=S(=O)(c1ccc(-n2ccnn2)c(F)c1)C1(F)CCN(CCc2ccc(F)cc2F)CC1. The van der Waals surface area contributed by atoms with Crippen LogP contribution in [0.15, 0.2) is 53.7 Å². The maximum atomic E-state index is 15.5. The van der Waals surface area contributed by atoms with E-state index in [9.17, 15) is 21.6 Å². The molecule has 1 aliphatic heterocycles. The zero-order valence-electron chi connectivity index (χ0n) is 16.9. The van der Waals surface area contributed by atoms with Gasteiger partial charge in [-0.15, -0.1) is 5.10 Å². The Kier molecular flexibility index (Phi) is 6.04. The highest BCUT2D eigenvalue weighted by atomic mass is 32.2. The van der Waals surface area contributed by atoms with Crippen molar-refractivity contribution >= 4 is 9.84 Å². The minimum atomic E-state index is -4.45. The number of sulfone groups is 1. The number of rotatable bonds is 6. The summed E-state index contributed by atoms with van der Waals surface area (Å²) >= 11 is 0. The van der Waals surface area contributed by atoms with Crippen molar-refractivity contribution in [3.05, 3.63) is 71.8 Å². The Balaban J connectivity index is 1.43. The molecule has 0 radical (unpaired) electrons. The van der Waals surface area contributed by atoms with Crippen molar-refractivity contribution in [2.75, 3.05) is 19.6 Å². The van der Waals surface area contributed by atoms with E-state index in [1.165, 1.54) is 30.6 Å². The van der Waals surface area contributed by atoms with Crippen molar-refractivity contribution in [3.63, 3.8) is 0 Å². The molecule has 0 bridgehead atoms. The van der Waals surface area contributed by atoms with Crippen LogP contribution < -0.4 is 0 Å². The van der Waals surface area contributed by atoms with Gasteiger partial charge in [-0.05, 0) is 36.2 Å². The molecule has 0 aliphatic carbocycles. The van der Waals surface area contributed by atoms with Crippen LogP contribution in [0.4, 0.5) is 17.6 Å². The standard InChI is InChI=1S/C21H20F4N4O2S/c22-16-2-1-15(18(23)13-16)5-9-28-10-6-21(25,7-11-28)32(30,31)17-3-4-20(19(24)14-17)29-12-8-26-27-29/h1-4,8,12-14H,5-7,9-11H2. The quantitative estimate of drug-likeness (QED) is 0.519. The maximum absolute atomic E-state index is 15.5. The molecule has 0 unspecified atom stereocenters. The Labute approximate surface area is 182 Å². The molecule has 1 fully saturated rings. The molecule has 0 atom stereocenters. The molecule has 3 aromatic rings. The number of halogens is 4. The summed E-state index contributed by atoms with van der Waals surface area (Å²) in [6.45, 7) is 0.649. The molecule has 0 saturated carbocycles. The number of piperidine rings is 1. The van der Waals surface area contributed by atoms with Crippen LogP contribution >= 0.6 is 0 Å². The first-order valence-electron chi connectivity index (χ1n) is 9.96. The van der Waals surface area contributed by atoms with Crippen LogP contribution in [0.1, 0.15) is 18.4 Å². The predicted molar refractivity (Wildman–Crippen MR) is 108 cm³/mol. The van der Waals surface area contributed by atoms with Crippen molar-refractivity contribution in [2.24, 2.45) is 0 Å². The molecule has 1 aromatic heterocycles. The minimum absolute atomic E-state index is 0.00259. The summed E-state index contributed by atoms with van der Waals surface area (Å²) in [4.78, 5) is 1.38. The average molecular weight is 468 g/mol. The first-order valence-corrected chi connectivity index (χ1v) is 11.4. The van der Waals surface area contributed by atoms with E-state index in [2.05, 4.69) is 10.3 Å². The Morgan fingerprint density at radius 1 is 1.00 bits per heavy atom. The summed E-state index contributed by atoms with van der Waals surface area (Å²) < 4.78 is 83.8. The summed E-state index contributed by atoms with van der Waals surface area (Å²) in [5.41, 5.74) is 0.330. The van der Waals surface area contributed by atoms with Crippen LogP contribution in [0.2, 0.25) is 0 Å². The van der Waals surface area contributed by atoms with Gasteiger partial charge in [0.15, 0.2) is 0 Å². The molecule has 0 spiro atoms. The summed E-state index contributed by atoms with van der Waals surface area (Å²) in [6, 6.07) is 6.49. The van der Waals surface area contributed by atoms with Crippen molar-refractivity contribution in [3.8, 4) is 5.69 Å². The van der Waals surface area contributed by atoms with Crippen LogP contribution in [0.25, 0.3) is 5.69 Å². The first kappa shape index (κ1) is 22.4. The van der Waals surface area contributed by atoms with E-state index in [4.69, 9.17) is 0 Å². The number of benzene rings is 2. The van der Waals surface area contributed by atoms with Crippen LogP contribution in [0.3, 0.4) is 0 Å². The molecule has 32 heavy (non-hydrogen) atoms. The van der Waals surface area contributed by atoms with E-state index in [1.54, 1.807) is 0 Å². The fourth-order valence-electron chi connectivity index (χ4n) is 3.77. The van der Waals surface area contributed by atoms with Gasteiger partial charge in [-0.25, -0.2) is 30.7 Å². The van der Waals surface area contributed by atoms with Crippen LogP contribution in [0.5, 0.6) is 0 Å². The smallest absolute Gasteiger partial charge is 0.217 e. The third-order valence-corrected chi connectivity index (χ3v) is 7.94. The van der Waals surface area contributed by atoms with Gasteiger partial charge in [0, 0.05) is 38.5 Å². The van der Waals surface area contributed by atoms with E-state index < -0.39 is 37.2 Å². The molecule has 2 aromatic carbocycles. The molecule has 0 amide bonds. The van der Waals surface area contributed by atoms with Crippen molar-refractivity contribution in [1.82, 2.24) is 19.9 Å². The monoisotopic (exact) mass is 468 g/mol. The van der Waals surface area contributed by atoms with Gasteiger partial charge in [0.05, 0.1) is 17.3 Å². The predicted octanol–water partition coefficient (Wildman–Crippen LogP) is 3.46. The number of aromatic nitrogens is 3. The summed E-state index contributed by atoms with van der Waals surface area (Å²) in [6.07, 6.45) is 2.43. The van der Waals surface area contributed by atoms with Crippen LogP contribution in [-0.4, -0.2) is 52.9 Å². The Bertz CT molecular complexity index is 1210. The molecule has 1 aliphatic rings. The molecule has 6 nitrogen and oxygen atoms in total. The largest absolute Gasteiger partial charge is 0.303 e. The van der Waals surface area contributed by atoms with Gasteiger partial charge in [-0.1, -0.05) is 11.3 Å². The number of hydrogen-bond donors (Lipinski definition) is 0. The molecular weight excluding hydrogens is 448 g/mol. The molecule has 1 saturated heterocycles. The highest BCUT2D eigenvalue weighted by Gasteiger charge is 2.47. The average Bonchev–Trinajstić information content (AvgIpc) is 3.29. The van der Waals surface area contributed by atoms with E-state index >= 15 is 4.39 Å². The second-order valence-electron chi connectivity index (χ2n) is 7.67. The van der Waals surface area contributed by atoms with Gasteiger partial charge >= 0.3 is 0 Å². The number of alkyl halides is 1. The summed E-state index contributed by atoms with van der Waals surface area (Å²) in [5.74, 6) is -2.18.